The van der Waals surface area contributed by atoms with Crippen molar-refractivity contribution in [3.63, 3.8) is 0 Å². The molecule has 41 heavy (non-hydrogen) atoms. The highest BCUT2D eigenvalue weighted by Crippen LogP contribution is 2.30. The summed E-state index contributed by atoms with van der Waals surface area (Å²) in [5, 5.41) is 3.59. The number of rotatable bonds is 12. The SMILES string of the molecule is CCCCNC(=O)[C@H](Cc1ccccc1)N(Cc1ccc(Cl)c(Cl)c1)C(=O)CCN1C(=O)c2ccccc2S1(=O)=O. The van der Waals surface area contributed by atoms with E-state index in [1.165, 1.54) is 17.0 Å². The van der Waals surface area contributed by atoms with Crippen LogP contribution in [0.1, 0.15) is 47.7 Å². The Bertz CT molecular complexity index is 1530. The quantitative estimate of drug-likeness (QED) is 0.286. The van der Waals surface area contributed by atoms with E-state index in [0.717, 1.165) is 22.7 Å². The van der Waals surface area contributed by atoms with Gasteiger partial charge in [0.15, 0.2) is 0 Å². The third kappa shape index (κ3) is 7.09. The first-order valence-electron chi connectivity index (χ1n) is 13.3. The van der Waals surface area contributed by atoms with Gasteiger partial charge in [0, 0.05) is 32.5 Å². The van der Waals surface area contributed by atoms with Gasteiger partial charge < -0.3 is 10.2 Å². The molecular formula is C30H31Cl2N3O5S. The highest BCUT2D eigenvalue weighted by molar-refractivity contribution is 7.90. The summed E-state index contributed by atoms with van der Waals surface area (Å²) in [5.41, 5.74) is 1.57. The van der Waals surface area contributed by atoms with Gasteiger partial charge in [0.1, 0.15) is 10.9 Å². The van der Waals surface area contributed by atoms with Gasteiger partial charge in [0.2, 0.25) is 11.8 Å². The minimum atomic E-state index is -4.08. The fourth-order valence-electron chi connectivity index (χ4n) is 4.69. The standard InChI is InChI=1S/C30H31Cl2N3O5S/c1-2-3-16-33-29(37)26(19-21-9-5-4-6-10-21)34(20-22-13-14-24(31)25(32)18-22)28(36)15-17-35-30(38)23-11-7-8-12-27(23)41(35,39)40/h4-14,18,26H,2-3,15-17,19-20H2,1H3,(H,33,37)/t26-/m0/s1. The van der Waals surface area contributed by atoms with Crippen LogP contribution in [0.4, 0.5) is 0 Å². The van der Waals surface area contributed by atoms with Crippen molar-refractivity contribution in [2.75, 3.05) is 13.1 Å². The van der Waals surface area contributed by atoms with Crippen LogP contribution in [0, 0.1) is 0 Å². The van der Waals surface area contributed by atoms with Gasteiger partial charge in [-0.25, -0.2) is 12.7 Å². The summed E-state index contributed by atoms with van der Waals surface area (Å²) >= 11 is 12.3. The number of halogens is 2. The van der Waals surface area contributed by atoms with Crippen molar-refractivity contribution in [2.45, 2.75) is 50.1 Å². The number of nitrogens with one attached hydrogen (secondary N) is 1. The van der Waals surface area contributed by atoms with Gasteiger partial charge in [-0.15, -0.1) is 0 Å². The molecule has 3 aromatic carbocycles. The first-order valence-corrected chi connectivity index (χ1v) is 15.5. The fraction of sp³-hybridized carbons (Fsp3) is 0.300. The van der Waals surface area contributed by atoms with Crippen molar-refractivity contribution in [2.24, 2.45) is 0 Å². The Labute approximate surface area is 250 Å². The van der Waals surface area contributed by atoms with E-state index in [4.69, 9.17) is 23.2 Å². The maximum Gasteiger partial charge on any atom is 0.269 e. The molecule has 1 atom stereocenters. The number of carbonyl (C=O) groups excluding carboxylic acids is 3. The third-order valence-electron chi connectivity index (χ3n) is 6.88. The minimum Gasteiger partial charge on any atom is -0.354 e. The van der Waals surface area contributed by atoms with Gasteiger partial charge in [-0.2, -0.15) is 0 Å². The normalized spacial score (nSPS) is 14.4. The Morgan fingerprint density at radius 1 is 0.951 bits per heavy atom. The Balaban J connectivity index is 1.64. The van der Waals surface area contributed by atoms with E-state index >= 15 is 0 Å². The molecule has 0 radical (unpaired) electrons. The Morgan fingerprint density at radius 2 is 1.66 bits per heavy atom. The number of hydrogen-bond donors (Lipinski definition) is 1. The monoisotopic (exact) mass is 615 g/mol. The van der Waals surface area contributed by atoms with Crippen molar-refractivity contribution >= 4 is 50.9 Å². The first kappa shape index (κ1) is 30.6. The smallest absolute Gasteiger partial charge is 0.269 e. The Kier molecular flexibility index (Phi) is 10.1. The number of unbranched alkanes of at least 4 members (excludes halogenated alkanes) is 1. The van der Waals surface area contributed by atoms with Crippen LogP contribution in [0.3, 0.4) is 0 Å². The second-order valence-electron chi connectivity index (χ2n) is 9.75. The molecule has 0 saturated heterocycles. The Morgan fingerprint density at radius 3 is 2.34 bits per heavy atom. The lowest BCUT2D eigenvalue weighted by atomic mass is 10.0. The predicted octanol–water partition coefficient (Wildman–Crippen LogP) is 5.08. The van der Waals surface area contributed by atoms with E-state index in [2.05, 4.69) is 5.32 Å². The lowest BCUT2D eigenvalue weighted by Gasteiger charge is -2.32. The largest absolute Gasteiger partial charge is 0.354 e. The van der Waals surface area contributed by atoms with E-state index in [1.54, 1.807) is 30.3 Å². The van der Waals surface area contributed by atoms with E-state index < -0.39 is 27.9 Å². The zero-order chi connectivity index (χ0) is 29.6. The summed E-state index contributed by atoms with van der Waals surface area (Å²) in [6, 6.07) is 19.3. The molecule has 1 aliphatic heterocycles. The molecule has 1 N–H and O–H groups in total. The van der Waals surface area contributed by atoms with Gasteiger partial charge in [-0.05, 0) is 41.8 Å². The molecule has 0 bridgehead atoms. The minimum absolute atomic E-state index is 0.0232. The number of nitrogens with zero attached hydrogens (tertiary/aromatic N) is 2. The second kappa shape index (κ2) is 13.5. The van der Waals surface area contributed by atoms with Crippen LogP contribution in [-0.4, -0.2) is 54.5 Å². The molecule has 0 unspecified atom stereocenters. The zero-order valence-corrected chi connectivity index (χ0v) is 24.9. The average Bonchev–Trinajstić information content (AvgIpc) is 3.16. The first-order chi connectivity index (χ1) is 19.6. The summed E-state index contributed by atoms with van der Waals surface area (Å²) < 4.78 is 26.8. The number of benzene rings is 3. The van der Waals surface area contributed by atoms with Gasteiger partial charge >= 0.3 is 0 Å². The van der Waals surface area contributed by atoms with Crippen molar-refractivity contribution in [3.8, 4) is 0 Å². The molecule has 3 amide bonds. The van der Waals surface area contributed by atoms with Crippen LogP contribution in [0.5, 0.6) is 0 Å². The molecule has 216 valence electrons. The number of amides is 3. The van der Waals surface area contributed by atoms with E-state index in [0.29, 0.717) is 22.2 Å². The van der Waals surface area contributed by atoms with Crippen LogP contribution in [0.15, 0.2) is 77.7 Å². The molecule has 0 spiro atoms. The molecule has 3 aromatic rings. The summed E-state index contributed by atoms with van der Waals surface area (Å²) in [6.07, 6.45) is 1.59. The molecule has 0 fully saturated rings. The van der Waals surface area contributed by atoms with Crippen molar-refractivity contribution in [3.05, 3.63) is 99.5 Å². The van der Waals surface area contributed by atoms with Gasteiger partial charge in [0.05, 0.1) is 15.6 Å². The summed E-state index contributed by atoms with van der Waals surface area (Å²) in [5.74, 6) is -1.49. The maximum atomic E-state index is 13.9. The topological polar surface area (TPSA) is 104 Å². The predicted molar refractivity (Wildman–Crippen MR) is 158 cm³/mol. The summed E-state index contributed by atoms with van der Waals surface area (Å²) in [7, 11) is -4.08. The van der Waals surface area contributed by atoms with Gasteiger partial charge in [0.25, 0.3) is 15.9 Å². The molecule has 8 nitrogen and oxygen atoms in total. The van der Waals surface area contributed by atoms with E-state index in [1.807, 2.05) is 37.3 Å². The lowest BCUT2D eigenvalue weighted by molar-refractivity contribution is -0.141. The van der Waals surface area contributed by atoms with Gasteiger partial charge in [-0.1, -0.05) is 85.1 Å². The van der Waals surface area contributed by atoms with Crippen LogP contribution in [0.2, 0.25) is 10.0 Å². The highest BCUT2D eigenvalue weighted by atomic mass is 35.5. The summed E-state index contributed by atoms with van der Waals surface area (Å²) in [6.45, 7) is 2.13. The molecule has 0 aromatic heterocycles. The van der Waals surface area contributed by atoms with E-state index in [9.17, 15) is 22.8 Å². The number of hydrogen-bond acceptors (Lipinski definition) is 5. The fourth-order valence-corrected chi connectivity index (χ4v) is 6.58. The van der Waals surface area contributed by atoms with Crippen LogP contribution < -0.4 is 5.32 Å². The molecule has 1 heterocycles. The molecule has 0 saturated carbocycles. The van der Waals surface area contributed by atoms with Crippen molar-refractivity contribution in [1.29, 1.82) is 0 Å². The van der Waals surface area contributed by atoms with Gasteiger partial charge in [-0.3, -0.25) is 14.4 Å². The second-order valence-corrected chi connectivity index (χ2v) is 12.4. The van der Waals surface area contributed by atoms with Crippen molar-refractivity contribution in [1.82, 2.24) is 14.5 Å². The molecule has 11 heteroatoms. The average molecular weight is 617 g/mol. The number of carbonyl (C=O) groups is 3. The molecule has 1 aliphatic rings. The third-order valence-corrected chi connectivity index (χ3v) is 9.46. The highest BCUT2D eigenvalue weighted by Gasteiger charge is 2.41. The van der Waals surface area contributed by atoms with Crippen LogP contribution in [-0.2, 0) is 32.6 Å². The molecule has 0 aliphatic carbocycles. The molecular weight excluding hydrogens is 585 g/mol. The number of sulfonamides is 1. The van der Waals surface area contributed by atoms with Crippen LogP contribution >= 0.6 is 23.2 Å². The molecule has 4 rings (SSSR count). The Hall–Kier alpha value is -3.40. The summed E-state index contributed by atoms with van der Waals surface area (Å²) in [4.78, 5) is 41.7. The lowest BCUT2D eigenvalue weighted by Crippen LogP contribution is -2.51. The van der Waals surface area contributed by atoms with Crippen LogP contribution in [0.25, 0.3) is 0 Å². The zero-order valence-electron chi connectivity index (χ0n) is 22.6. The maximum absolute atomic E-state index is 13.9. The van der Waals surface area contributed by atoms with Crippen molar-refractivity contribution < 1.29 is 22.8 Å². The van der Waals surface area contributed by atoms with E-state index in [-0.39, 0.29) is 42.3 Å². The number of fused-ring (bicyclic) bond motifs is 1.